The van der Waals surface area contributed by atoms with Gasteiger partial charge < -0.3 is 9.64 Å². The zero-order valence-electron chi connectivity index (χ0n) is 10.5. The normalized spacial score (nSPS) is 18.2. The number of carbonyl (C=O) groups excluding carboxylic acids is 2. The number of anilines is 1. The lowest BCUT2D eigenvalue weighted by atomic mass is 10.1. The smallest absolute Gasteiger partial charge is 0.340 e. The number of hydrogen-bond acceptors (Lipinski definition) is 5. The summed E-state index contributed by atoms with van der Waals surface area (Å²) in [5, 5.41) is 10.7. The Labute approximate surface area is 119 Å². The third-order valence-corrected chi connectivity index (χ3v) is 3.26. The zero-order valence-corrected chi connectivity index (χ0v) is 11.3. The Kier molecular flexibility index (Phi) is 3.89. The first-order valence-corrected chi connectivity index (χ1v) is 6.19. The fraction of sp³-hybridized carbons (Fsp3) is 0.333. The summed E-state index contributed by atoms with van der Waals surface area (Å²) in [6.45, 7) is 0.120. The highest BCUT2D eigenvalue weighted by Gasteiger charge is 2.36. The van der Waals surface area contributed by atoms with Crippen LogP contribution >= 0.6 is 11.6 Å². The van der Waals surface area contributed by atoms with E-state index in [0.717, 1.165) is 0 Å². The Morgan fingerprint density at radius 2 is 2.25 bits per heavy atom. The number of para-hydroxylation sites is 1. The largest absolute Gasteiger partial charge is 0.465 e. The van der Waals surface area contributed by atoms with E-state index in [9.17, 15) is 19.7 Å². The first-order valence-electron chi connectivity index (χ1n) is 5.76. The Balaban J connectivity index is 2.61. The molecule has 0 aromatic heterocycles. The quantitative estimate of drug-likeness (QED) is 0.367. The van der Waals surface area contributed by atoms with E-state index in [2.05, 4.69) is 4.74 Å². The van der Waals surface area contributed by atoms with Gasteiger partial charge in [-0.15, -0.1) is 11.6 Å². The van der Waals surface area contributed by atoms with E-state index < -0.39 is 16.3 Å². The van der Waals surface area contributed by atoms with Crippen molar-refractivity contribution in [2.24, 2.45) is 0 Å². The van der Waals surface area contributed by atoms with E-state index in [0.29, 0.717) is 0 Å². The number of hydrogen-bond donors (Lipinski definition) is 0. The third kappa shape index (κ3) is 2.44. The number of nitro groups is 1. The second kappa shape index (κ2) is 5.46. The first kappa shape index (κ1) is 14.3. The van der Waals surface area contributed by atoms with Crippen LogP contribution in [0.5, 0.6) is 0 Å². The topological polar surface area (TPSA) is 89.8 Å². The average molecular weight is 299 g/mol. The minimum atomic E-state index is -0.741. The van der Waals surface area contributed by atoms with E-state index in [1.54, 1.807) is 0 Å². The van der Waals surface area contributed by atoms with Crippen LogP contribution in [0.25, 0.3) is 0 Å². The molecule has 8 heteroatoms. The molecule has 0 saturated carbocycles. The van der Waals surface area contributed by atoms with Crippen molar-refractivity contribution < 1.29 is 19.2 Å². The number of nitrogens with zero attached hydrogens (tertiary/aromatic N) is 2. The lowest BCUT2D eigenvalue weighted by Crippen LogP contribution is -2.27. The van der Waals surface area contributed by atoms with Gasteiger partial charge >= 0.3 is 5.97 Å². The highest BCUT2D eigenvalue weighted by molar-refractivity contribution is 6.24. The molecule has 1 heterocycles. The minimum Gasteiger partial charge on any atom is -0.465 e. The van der Waals surface area contributed by atoms with Crippen LogP contribution in [-0.4, -0.2) is 35.8 Å². The molecule has 0 spiro atoms. The van der Waals surface area contributed by atoms with Crippen molar-refractivity contribution in [3.63, 3.8) is 0 Å². The van der Waals surface area contributed by atoms with Crippen LogP contribution in [-0.2, 0) is 9.53 Å². The summed E-state index contributed by atoms with van der Waals surface area (Å²) in [7, 11) is 1.17. The minimum absolute atomic E-state index is 0.0270. The summed E-state index contributed by atoms with van der Waals surface area (Å²) < 4.78 is 4.60. The van der Waals surface area contributed by atoms with Gasteiger partial charge in [0.15, 0.2) is 0 Å². The van der Waals surface area contributed by atoms with Gasteiger partial charge in [0.1, 0.15) is 5.69 Å². The van der Waals surface area contributed by atoms with Gasteiger partial charge in [-0.05, 0) is 6.07 Å². The Bertz CT molecular complexity index is 589. The van der Waals surface area contributed by atoms with Crippen LogP contribution in [0.4, 0.5) is 11.4 Å². The number of rotatable bonds is 3. The number of carbonyl (C=O) groups is 2. The Morgan fingerprint density at radius 3 is 2.75 bits per heavy atom. The van der Waals surface area contributed by atoms with Gasteiger partial charge in [0, 0.05) is 19.0 Å². The number of esters is 1. The van der Waals surface area contributed by atoms with Gasteiger partial charge in [-0.2, -0.15) is 0 Å². The highest BCUT2D eigenvalue weighted by Crippen LogP contribution is 2.36. The van der Waals surface area contributed by atoms with E-state index in [4.69, 9.17) is 11.6 Å². The molecular formula is C12H11ClN2O5. The van der Waals surface area contributed by atoms with E-state index in [1.165, 1.54) is 30.2 Å². The van der Waals surface area contributed by atoms with Crippen molar-refractivity contribution in [3.8, 4) is 0 Å². The summed E-state index contributed by atoms with van der Waals surface area (Å²) in [6.07, 6.45) is 0.0776. The summed E-state index contributed by atoms with van der Waals surface area (Å²) in [6, 6.07) is 3.98. The molecule has 7 nitrogen and oxygen atoms in total. The molecule has 1 saturated heterocycles. The van der Waals surface area contributed by atoms with Crippen LogP contribution < -0.4 is 4.90 Å². The highest BCUT2D eigenvalue weighted by atomic mass is 35.5. The molecule has 0 radical (unpaired) electrons. The predicted octanol–water partition coefficient (Wildman–Crippen LogP) is 1.73. The second-order valence-corrected chi connectivity index (χ2v) is 4.84. The van der Waals surface area contributed by atoms with E-state index in [1.807, 2.05) is 0 Å². The number of nitro benzene ring substituents is 1. The second-order valence-electron chi connectivity index (χ2n) is 4.23. The molecule has 1 aliphatic rings. The zero-order chi connectivity index (χ0) is 14.9. The average Bonchev–Trinajstić information content (AvgIpc) is 2.75. The summed E-state index contributed by atoms with van der Waals surface area (Å²) in [5.74, 6) is -1.10. The first-order chi connectivity index (χ1) is 9.45. The number of alkyl halides is 1. The lowest BCUT2D eigenvalue weighted by Gasteiger charge is -2.18. The maximum absolute atomic E-state index is 11.9. The summed E-state index contributed by atoms with van der Waals surface area (Å²) >= 11 is 5.90. The van der Waals surface area contributed by atoms with Crippen molar-refractivity contribution in [1.29, 1.82) is 0 Å². The van der Waals surface area contributed by atoms with Crippen molar-refractivity contribution in [2.45, 2.75) is 11.8 Å². The molecule has 1 fully saturated rings. The van der Waals surface area contributed by atoms with Crippen LogP contribution in [0.15, 0.2) is 18.2 Å². The van der Waals surface area contributed by atoms with Crippen LogP contribution in [0.1, 0.15) is 16.8 Å². The van der Waals surface area contributed by atoms with E-state index >= 15 is 0 Å². The van der Waals surface area contributed by atoms with Crippen molar-refractivity contribution in [1.82, 2.24) is 0 Å². The maximum Gasteiger partial charge on any atom is 0.340 e. The van der Waals surface area contributed by atoms with Crippen LogP contribution in [0.2, 0.25) is 0 Å². The number of ether oxygens (including phenoxy) is 1. The van der Waals surface area contributed by atoms with Gasteiger partial charge in [-0.1, -0.05) is 6.07 Å². The van der Waals surface area contributed by atoms with E-state index in [-0.39, 0.29) is 35.8 Å². The number of benzene rings is 1. The third-order valence-electron chi connectivity index (χ3n) is 2.96. The molecule has 1 aliphatic heterocycles. The van der Waals surface area contributed by atoms with Gasteiger partial charge in [0.25, 0.3) is 5.69 Å². The molecule has 0 aliphatic carbocycles. The number of halogens is 1. The van der Waals surface area contributed by atoms with Crippen molar-refractivity contribution in [2.75, 3.05) is 18.6 Å². The molecule has 0 bridgehead atoms. The van der Waals surface area contributed by atoms with Gasteiger partial charge in [0.05, 0.1) is 23.0 Å². The molecule has 1 aromatic carbocycles. The molecule has 20 heavy (non-hydrogen) atoms. The summed E-state index contributed by atoms with van der Waals surface area (Å²) in [4.78, 5) is 35.3. The van der Waals surface area contributed by atoms with Crippen molar-refractivity contribution in [3.05, 3.63) is 33.9 Å². The molecule has 0 N–H and O–H groups in total. The molecule has 1 amide bonds. The molecule has 106 valence electrons. The lowest BCUT2D eigenvalue weighted by molar-refractivity contribution is -0.384. The standard InChI is InChI=1S/C12H11ClN2O5/c1-20-12(17)8-3-2-4-9(15(18)19)11(8)14-6-7(13)5-10(14)16/h2-4,7H,5-6H2,1H3. The van der Waals surface area contributed by atoms with Crippen LogP contribution in [0, 0.1) is 10.1 Å². The number of amides is 1. The molecule has 1 atom stereocenters. The fourth-order valence-corrected chi connectivity index (χ4v) is 2.39. The molecular weight excluding hydrogens is 288 g/mol. The Morgan fingerprint density at radius 1 is 1.55 bits per heavy atom. The maximum atomic E-state index is 11.9. The monoisotopic (exact) mass is 298 g/mol. The SMILES string of the molecule is COC(=O)c1cccc([N+](=O)[O-])c1N1CC(Cl)CC1=O. The molecule has 2 rings (SSSR count). The Hall–Kier alpha value is -2.15. The molecule has 1 unspecified atom stereocenters. The van der Waals surface area contributed by atoms with Gasteiger partial charge in [-0.25, -0.2) is 4.79 Å². The number of methoxy groups -OCH3 is 1. The fourth-order valence-electron chi connectivity index (χ4n) is 2.12. The van der Waals surface area contributed by atoms with Crippen molar-refractivity contribution >= 4 is 34.9 Å². The summed E-state index contributed by atoms with van der Waals surface area (Å²) in [5.41, 5.74) is -0.412. The predicted molar refractivity (Wildman–Crippen MR) is 71.0 cm³/mol. The van der Waals surface area contributed by atoms with Gasteiger partial charge in [-0.3, -0.25) is 14.9 Å². The van der Waals surface area contributed by atoms with Gasteiger partial charge in [0.2, 0.25) is 5.91 Å². The van der Waals surface area contributed by atoms with Crippen LogP contribution in [0.3, 0.4) is 0 Å². The molecule has 1 aromatic rings.